The number of ether oxygens (including phenoxy) is 1. The van der Waals surface area contributed by atoms with E-state index in [2.05, 4.69) is 10.6 Å². The number of carbonyl (C=O) groups excluding carboxylic acids is 1. The van der Waals surface area contributed by atoms with E-state index < -0.39 is 17.5 Å². The average molecular weight is 272 g/mol. The summed E-state index contributed by atoms with van der Waals surface area (Å²) in [5.74, 6) is -1.01. The molecule has 1 aliphatic rings. The second-order valence-electron chi connectivity index (χ2n) is 6.19. The summed E-state index contributed by atoms with van der Waals surface area (Å²) >= 11 is 0. The van der Waals surface area contributed by atoms with Crippen molar-refractivity contribution in [1.29, 1.82) is 0 Å². The summed E-state index contributed by atoms with van der Waals surface area (Å²) < 4.78 is 5.16. The fourth-order valence-electron chi connectivity index (χ4n) is 1.78. The zero-order valence-corrected chi connectivity index (χ0v) is 12.1. The zero-order chi connectivity index (χ0) is 14.7. The van der Waals surface area contributed by atoms with Crippen LogP contribution >= 0.6 is 0 Å². The molecule has 0 bridgehead atoms. The van der Waals surface area contributed by atoms with E-state index in [0.29, 0.717) is 26.1 Å². The fourth-order valence-corrected chi connectivity index (χ4v) is 1.78. The molecule has 2 amide bonds. The summed E-state index contributed by atoms with van der Waals surface area (Å²) in [6.45, 7) is 8.64. The Bertz CT molecular complexity index is 343. The maximum absolute atomic E-state index is 12.0. The lowest BCUT2D eigenvalue weighted by Crippen LogP contribution is -2.61. The van der Waals surface area contributed by atoms with Crippen LogP contribution < -0.4 is 10.6 Å². The van der Waals surface area contributed by atoms with Gasteiger partial charge < -0.3 is 20.5 Å². The number of urea groups is 1. The van der Waals surface area contributed by atoms with Gasteiger partial charge >= 0.3 is 12.0 Å². The summed E-state index contributed by atoms with van der Waals surface area (Å²) in [5.41, 5.74) is -1.29. The zero-order valence-electron chi connectivity index (χ0n) is 12.1. The molecule has 0 aliphatic carbocycles. The highest BCUT2D eigenvalue weighted by Crippen LogP contribution is 2.22. The summed E-state index contributed by atoms with van der Waals surface area (Å²) in [6, 6.07) is -0.495. The quantitative estimate of drug-likeness (QED) is 0.723. The molecule has 6 nitrogen and oxygen atoms in total. The monoisotopic (exact) mass is 272 g/mol. The molecule has 6 heteroatoms. The minimum absolute atomic E-state index is 0.0572. The summed E-state index contributed by atoms with van der Waals surface area (Å²) in [6.07, 6.45) is 0.583. The van der Waals surface area contributed by atoms with Crippen molar-refractivity contribution < 1.29 is 19.4 Å². The second kappa shape index (κ2) is 5.77. The molecule has 0 aromatic rings. The van der Waals surface area contributed by atoms with Crippen molar-refractivity contribution >= 4 is 12.0 Å². The van der Waals surface area contributed by atoms with Crippen molar-refractivity contribution in [3.8, 4) is 0 Å². The van der Waals surface area contributed by atoms with Gasteiger partial charge in [0, 0.05) is 32.1 Å². The summed E-state index contributed by atoms with van der Waals surface area (Å²) in [5, 5.41) is 14.7. The number of carbonyl (C=O) groups is 2. The van der Waals surface area contributed by atoms with Crippen molar-refractivity contribution in [1.82, 2.24) is 10.6 Å². The van der Waals surface area contributed by atoms with Crippen LogP contribution in [-0.2, 0) is 9.53 Å². The Kier molecular flexibility index (Phi) is 4.79. The third-order valence-corrected chi connectivity index (χ3v) is 3.76. The Balaban J connectivity index is 2.65. The smallest absolute Gasteiger partial charge is 0.329 e. The molecule has 0 spiro atoms. The Morgan fingerprint density at radius 1 is 1.26 bits per heavy atom. The van der Waals surface area contributed by atoms with Crippen LogP contribution in [-0.4, -0.2) is 41.9 Å². The maximum Gasteiger partial charge on any atom is 0.329 e. The van der Waals surface area contributed by atoms with Gasteiger partial charge in [-0.25, -0.2) is 9.59 Å². The number of nitrogens with one attached hydrogen (secondary N) is 2. The standard InChI is InChI=1S/C13H24N2O4/c1-9(12(2,3)4)14-11(18)15-13(10(16)17)5-7-19-8-6-13/h9H,5-8H2,1-4H3,(H,16,17)(H2,14,15,18). The molecule has 1 fully saturated rings. The lowest BCUT2D eigenvalue weighted by atomic mass is 9.88. The van der Waals surface area contributed by atoms with Crippen LogP contribution in [0.3, 0.4) is 0 Å². The lowest BCUT2D eigenvalue weighted by molar-refractivity contribution is -0.148. The highest BCUT2D eigenvalue weighted by molar-refractivity contribution is 5.86. The number of carboxylic acids is 1. The van der Waals surface area contributed by atoms with Crippen LogP contribution in [0.4, 0.5) is 4.79 Å². The third-order valence-electron chi connectivity index (χ3n) is 3.76. The number of amides is 2. The van der Waals surface area contributed by atoms with Crippen molar-refractivity contribution in [2.75, 3.05) is 13.2 Å². The van der Waals surface area contributed by atoms with Crippen LogP contribution in [0, 0.1) is 5.41 Å². The normalized spacial score (nSPS) is 20.4. The second-order valence-corrected chi connectivity index (χ2v) is 6.19. The summed E-state index contributed by atoms with van der Waals surface area (Å²) in [7, 11) is 0. The Morgan fingerprint density at radius 3 is 2.21 bits per heavy atom. The number of hydrogen-bond donors (Lipinski definition) is 3. The molecule has 3 N–H and O–H groups in total. The molecule has 1 saturated heterocycles. The first-order valence-electron chi connectivity index (χ1n) is 6.57. The van der Waals surface area contributed by atoms with E-state index in [1.165, 1.54) is 0 Å². The number of carboxylic acid groups (broad SMARTS) is 1. The fraction of sp³-hybridized carbons (Fsp3) is 0.846. The topological polar surface area (TPSA) is 87.7 Å². The minimum atomic E-state index is -1.21. The molecule has 1 atom stereocenters. The molecular weight excluding hydrogens is 248 g/mol. The molecule has 19 heavy (non-hydrogen) atoms. The summed E-state index contributed by atoms with van der Waals surface area (Å²) in [4.78, 5) is 23.3. The molecule has 1 unspecified atom stereocenters. The Labute approximate surface area is 113 Å². The largest absolute Gasteiger partial charge is 0.480 e. The molecular formula is C13H24N2O4. The van der Waals surface area contributed by atoms with Gasteiger partial charge in [-0.2, -0.15) is 0 Å². The molecule has 1 heterocycles. The first-order chi connectivity index (χ1) is 8.67. The SMILES string of the molecule is CC(NC(=O)NC1(C(=O)O)CCOCC1)C(C)(C)C. The van der Waals surface area contributed by atoms with Crippen molar-refractivity contribution in [2.45, 2.75) is 52.1 Å². The molecule has 1 rings (SSSR count). The van der Waals surface area contributed by atoms with Crippen molar-refractivity contribution in [2.24, 2.45) is 5.41 Å². The third kappa shape index (κ3) is 4.09. The van der Waals surface area contributed by atoms with Gasteiger partial charge in [-0.05, 0) is 12.3 Å². The van der Waals surface area contributed by atoms with Crippen LogP contribution in [0.2, 0.25) is 0 Å². The highest BCUT2D eigenvalue weighted by Gasteiger charge is 2.42. The average Bonchev–Trinajstić information content (AvgIpc) is 2.28. The molecule has 0 aromatic carbocycles. The van der Waals surface area contributed by atoms with Gasteiger partial charge in [0.1, 0.15) is 5.54 Å². The van der Waals surface area contributed by atoms with E-state index in [1.807, 2.05) is 27.7 Å². The Morgan fingerprint density at radius 2 is 1.79 bits per heavy atom. The van der Waals surface area contributed by atoms with Crippen molar-refractivity contribution in [3.63, 3.8) is 0 Å². The Hall–Kier alpha value is -1.30. The van der Waals surface area contributed by atoms with E-state index in [1.54, 1.807) is 0 Å². The van der Waals surface area contributed by atoms with E-state index in [-0.39, 0.29) is 11.5 Å². The van der Waals surface area contributed by atoms with E-state index >= 15 is 0 Å². The van der Waals surface area contributed by atoms with Crippen LogP contribution in [0.25, 0.3) is 0 Å². The van der Waals surface area contributed by atoms with E-state index in [4.69, 9.17) is 4.74 Å². The molecule has 0 radical (unpaired) electrons. The van der Waals surface area contributed by atoms with Gasteiger partial charge in [-0.3, -0.25) is 0 Å². The van der Waals surface area contributed by atoms with Crippen LogP contribution in [0.15, 0.2) is 0 Å². The lowest BCUT2D eigenvalue weighted by Gasteiger charge is -2.35. The predicted molar refractivity (Wildman–Crippen MR) is 71.0 cm³/mol. The maximum atomic E-state index is 12.0. The first-order valence-corrected chi connectivity index (χ1v) is 6.57. The van der Waals surface area contributed by atoms with Crippen LogP contribution in [0.1, 0.15) is 40.5 Å². The number of hydrogen-bond acceptors (Lipinski definition) is 3. The van der Waals surface area contributed by atoms with Gasteiger partial charge in [0.25, 0.3) is 0 Å². The van der Waals surface area contributed by atoms with Crippen molar-refractivity contribution in [3.05, 3.63) is 0 Å². The predicted octanol–water partition coefficient (Wildman–Crippen LogP) is 1.35. The van der Waals surface area contributed by atoms with E-state index in [9.17, 15) is 14.7 Å². The van der Waals surface area contributed by atoms with Crippen LogP contribution in [0.5, 0.6) is 0 Å². The minimum Gasteiger partial charge on any atom is -0.480 e. The molecule has 1 aliphatic heterocycles. The first kappa shape index (κ1) is 15.8. The highest BCUT2D eigenvalue weighted by atomic mass is 16.5. The van der Waals surface area contributed by atoms with Gasteiger partial charge in [0.05, 0.1) is 0 Å². The van der Waals surface area contributed by atoms with E-state index in [0.717, 1.165) is 0 Å². The molecule has 0 saturated carbocycles. The van der Waals surface area contributed by atoms with Gasteiger partial charge in [0.15, 0.2) is 0 Å². The van der Waals surface area contributed by atoms with Gasteiger partial charge in [0.2, 0.25) is 0 Å². The number of rotatable bonds is 3. The molecule has 0 aromatic heterocycles. The van der Waals surface area contributed by atoms with Gasteiger partial charge in [-0.15, -0.1) is 0 Å². The van der Waals surface area contributed by atoms with Gasteiger partial charge in [-0.1, -0.05) is 20.8 Å². The number of aliphatic carboxylic acids is 1. The molecule has 110 valence electrons.